The number of halogens is 1. The highest BCUT2D eigenvalue weighted by atomic mass is 19.1. The molecule has 27 heavy (non-hydrogen) atoms. The highest BCUT2D eigenvalue weighted by Crippen LogP contribution is 2.34. The SMILES string of the molecule is C=CC(=O)N(C)c1ccc(C(=O)N2CCC(O)(c3ccccc3F)C2)cc1. The zero-order valence-electron chi connectivity index (χ0n) is 15.1. The number of anilines is 1. The maximum Gasteiger partial charge on any atom is 0.253 e. The molecule has 1 N–H and O–H groups in total. The predicted octanol–water partition coefficient (Wildman–Crippen LogP) is 2.71. The Morgan fingerprint density at radius 3 is 2.52 bits per heavy atom. The quantitative estimate of drug-likeness (QED) is 0.844. The summed E-state index contributed by atoms with van der Waals surface area (Å²) in [5, 5.41) is 10.8. The zero-order chi connectivity index (χ0) is 19.6. The number of carbonyl (C=O) groups excluding carboxylic acids is 2. The maximum atomic E-state index is 14.0. The van der Waals surface area contributed by atoms with E-state index in [1.54, 1.807) is 49.5 Å². The molecular weight excluding hydrogens is 347 g/mol. The lowest BCUT2D eigenvalue weighted by Gasteiger charge is -2.24. The van der Waals surface area contributed by atoms with Gasteiger partial charge in [-0.3, -0.25) is 9.59 Å². The molecule has 0 aliphatic carbocycles. The van der Waals surface area contributed by atoms with Crippen molar-refractivity contribution in [2.75, 3.05) is 25.0 Å². The number of likely N-dealkylation sites (tertiary alicyclic amines) is 1. The minimum absolute atomic E-state index is 0.0311. The Morgan fingerprint density at radius 2 is 1.89 bits per heavy atom. The summed E-state index contributed by atoms with van der Waals surface area (Å²) < 4.78 is 14.0. The molecule has 2 aromatic rings. The first-order valence-electron chi connectivity index (χ1n) is 8.62. The van der Waals surface area contributed by atoms with Crippen LogP contribution in [0.5, 0.6) is 0 Å². The fraction of sp³-hybridized carbons (Fsp3) is 0.238. The summed E-state index contributed by atoms with van der Waals surface area (Å²) >= 11 is 0. The van der Waals surface area contributed by atoms with Gasteiger partial charge in [-0.05, 0) is 42.8 Å². The van der Waals surface area contributed by atoms with E-state index >= 15 is 0 Å². The number of aliphatic hydroxyl groups is 1. The van der Waals surface area contributed by atoms with Crippen LogP contribution in [0.25, 0.3) is 0 Å². The van der Waals surface area contributed by atoms with Gasteiger partial charge in [-0.2, -0.15) is 0 Å². The van der Waals surface area contributed by atoms with Crippen LogP contribution in [0.15, 0.2) is 61.2 Å². The lowest BCUT2D eigenvalue weighted by Crippen LogP contribution is -2.35. The van der Waals surface area contributed by atoms with Crippen LogP contribution in [0, 0.1) is 5.82 Å². The number of rotatable bonds is 4. The minimum Gasteiger partial charge on any atom is -0.383 e. The largest absolute Gasteiger partial charge is 0.383 e. The molecule has 0 saturated carbocycles. The van der Waals surface area contributed by atoms with E-state index in [1.807, 2.05) is 0 Å². The van der Waals surface area contributed by atoms with Crippen LogP contribution in [0.3, 0.4) is 0 Å². The Labute approximate surface area is 157 Å². The van der Waals surface area contributed by atoms with Crippen LogP contribution >= 0.6 is 0 Å². The summed E-state index contributed by atoms with van der Waals surface area (Å²) in [6.45, 7) is 3.81. The Morgan fingerprint density at radius 1 is 1.22 bits per heavy atom. The smallest absolute Gasteiger partial charge is 0.253 e. The molecule has 1 heterocycles. The molecule has 140 valence electrons. The summed E-state index contributed by atoms with van der Waals surface area (Å²) in [5.41, 5.74) is -0.103. The van der Waals surface area contributed by atoms with Crippen LogP contribution < -0.4 is 4.90 Å². The van der Waals surface area contributed by atoms with Crippen molar-refractivity contribution in [1.82, 2.24) is 4.90 Å². The molecule has 1 saturated heterocycles. The maximum absolute atomic E-state index is 14.0. The highest BCUT2D eigenvalue weighted by Gasteiger charge is 2.41. The fourth-order valence-corrected chi connectivity index (χ4v) is 3.30. The van der Waals surface area contributed by atoms with Crippen molar-refractivity contribution in [3.63, 3.8) is 0 Å². The molecule has 6 heteroatoms. The van der Waals surface area contributed by atoms with Gasteiger partial charge in [-0.15, -0.1) is 0 Å². The molecule has 0 aromatic heterocycles. The van der Waals surface area contributed by atoms with E-state index in [2.05, 4.69) is 6.58 Å². The molecule has 1 atom stereocenters. The second-order valence-electron chi connectivity index (χ2n) is 6.64. The average Bonchev–Trinajstić information content (AvgIpc) is 3.09. The van der Waals surface area contributed by atoms with Gasteiger partial charge in [0.25, 0.3) is 5.91 Å². The van der Waals surface area contributed by atoms with Crippen molar-refractivity contribution < 1.29 is 19.1 Å². The van der Waals surface area contributed by atoms with Gasteiger partial charge in [-0.25, -0.2) is 4.39 Å². The van der Waals surface area contributed by atoms with Crippen LogP contribution in [0.2, 0.25) is 0 Å². The summed E-state index contributed by atoms with van der Waals surface area (Å²) in [6.07, 6.45) is 1.49. The van der Waals surface area contributed by atoms with E-state index in [-0.39, 0.29) is 30.3 Å². The van der Waals surface area contributed by atoms with Crippen LogP contribution in [0.4, 0.5) is 10.1 Å². The number of carbonyl (C=O) groups is 2. The van der Waals surface area contributed by atoms with Gasteiger partial charge in [-0.1, -0.05) is 24.8 Å². The van der Waals surface area contributed by atoms with Gasteiger partial charge in [0.1, 0.15) is 11.4 Å². The topological polar surface area (TPSA) is 60.9 Å². The van der Waals surface area contributed by atoms with Crippen molar-refractivity contribution in [3.05, 3.63) is 78.1 Å². The molecule has 0 spiro atoms. The summed E-state index contributed by atoms with van der Waals surface area (Å²) in [7, 11) is 1.62. The fourth-order valence-electron chi connectivity index (χ4n) is 3.30. The average molecular weight is 368 g/mol. The van der Waals surface area contributed by atoms with Crippen LogP contribution in [0.1, 0.15) is 22.3 Å². The molecular formula is C21H21FN2O3. The summed E-state index contributed by atoms with van der Waals surface area (Å²) in [6, 6.07) is 12.7. The van der Waals surface area contributed by atoms with Crippen LogP contribution in [-0.2, 0) is 10.4 Å². The number of benzene rings is 2. The van der Waals surface area contributed by atoms with Crippen LogP contribution in [-0.4, -0.2) is 42.0 Å². The molecule has 3 rings (SSSR count). The van der Waals surface area contributed by atoms with Gasteiger partial charge >= 0.3 is 0 Å². The highest BCUT2D eigenvalue weighted by molar-refractivity contribution is 6.01. The summed E-state index contributed by atoms with van der Waals surface area (Å²) in [4.78, 5) is 27.3. The minimum atomic E-state index is -1.39. The third kappa shape index (κ3) is 3.61. The Hall–Kier alpha value is -2.99. The Balaban J connectivity index is 1.75. The number of nitrogens with zero attached hydrogens (tertiary/aromatic N) is 2. The molecule has 1 fully saturated rings. The third-order valence-electron chi connectivity index (χ3n) is 4.92. The van der Waals surface area contributed by atoms with Gasteiger partial charge in [0.05, 0.1) is 6.54 Å². The first-order valence-corrected chi connectivity index (χ1v) is 8.62. The van der Waals surface area contributed by atoms with E-state index < -0.39 is 11.4 Å². The number of likely N-dealkylation sites (N-methyl/N-ethyl adjacent to an activating group) is 1. The van der Waals surface area contributed by atoms with Gasteiger partial charge < -0.3 is 14.9 Å². The zero-order valence-corrected chi connectivity index (χ0v) is 15.1. The van der Waals surface area contributed by atoms with Gasteiger partial charge in [0.15, 0.2) is 0 Å². The Kier molecular flexibility index (Phi) is 5.10. The lowest BCUT2D eigenvalue weighted by atomic mass is 9.92. The molecule has 0 radical (unpaired) electrons. The van der Waals surface area contributed by atoms with Crippen molar-refractivity contribution in [2.45, 2.75) is 12.0 Å². The first-order chi connectivity index (χ1) is 12.9. The predicted molar refractivity (Wildman–Crippen MR) is 101 cm³/mol. The monoisotopic (exact) mass is 368 g/mol. The number of β-amino-alcohol motifs (C(OH)–C–C–N with tert-alkyl or cyclic N) is 1. The van der Waals surface area contributed by atoms with E-state index in [9.17, 15) is 19.1 Å². The molecule has 2 amide bonds. The molecule has 1 unspecified atom stereocenters. The molecule has 5 nitrogen and oxygen atoms in total. The van der Waals surface area contributed by atoms with Gasteiger partial charge in [0, 0.05) is 30.4 Å². The van der Waals surface area contributed by atoms with Crippen molar-refractivity contribution in [3.8, 4) is 0 Å². The second-order valence-corrected chi connectivity index (χ2v) is 6.64. The lowest BCUT2D eigenvalue weighted by molar-refractivity contribution is -0.113. The Bertz CT molecular complexity index is 881. The van der Waals surface area contributed by atoms with Crippen molar-refractivity contribution >= 4 is 17.5 Å². The first kappa shape index (κ1) is 18.8. The van der Waals surface area contributed by atoms with E-state index in [0.717, 1.165) is 0 Å². The molecule has 0 bridgehead atoms. The molecule has 1 aliphatic rings. The number of hydrogen-bond acceptors (Lipinski definition) is 3. The van der Waals surface area contributed by atoms with Gasteiger partial charge in [0.2, 0.25) is 5.91 Å². The third-order valence-corrected chi connectivity index (χ3v) is 4.92. The van der Waals surface area contributed by atoms with E-state index in [0.29, 0.717) is 17.8 Å². The normalized spacial score (nSPS) is 19.0. The van der Waals surface area contributed by atoms with E-state index in [1.165, 1.54) is 21.9 Å². The molecule has 2 aromatic carbocycles. The second kappa shape index (κ2) is 7.32. The molecule has 1 aliphatic heterocycles. The number of amides is 2. The number of hydrogen-bond donors (Lipinski definition) is 1. The van der Waals surface area contributed by atoms with Crippen molar-refractivity contribution in [2.24, 2.45) is 0 Å². The van der Waals surface area contributed by atoms with Crippen molar-refractivity contribution in [1.29, 1.82) is 0 Å². The summed E-state index contributed by atoms with van der Waals surface area (Å²) in [5.74, 6) is -0.969. The standard InChI is InChI=1S/C21H21FN2O3/c1-3-19(25)23(2)16-10-8-15(9-11-16)20(26)24-13-12-21(27,14-24)17-6-4-5-7-18(17)22/h3-11,27H,1,12-14H2,2H3. The van der Waals surface area contributed by atoms with E-state index in [4.69, 9.17) is 0 Å².